The van der Waals surface area contributed by atoms with Gasteiger partial charge in [-0.3, -0.25) is 0 Å². The van der Waals surface area contributed by atoms with Crippen LogP contribution < -0.4 is 4.74 Å². The molecule has 33 heavy (non-hydrogen) atoms. The molecule has 156 valence electrons. The highest BCUT2D eigenvalue weighted by molar-refractivity contribution is 7.26. The van der Waals surface area contributed by atoms with Crippen LogP contribution in [-0.2, 0) is 0 Å². The molecule has 0 unspecified atom stereocenters. The van der Waals surface area contributed by atoms with Crippen molar-refractivity contribution in [2.45, 2.75) is 0 Å². The third-order valence-corrected chi connectivity index (χ3v) is 7.98. The first-order chi connectivity index (χ1) is 16.3. The Hall–Kier alpha value is -3.88. The van der Waals surface area contributed by atoms with Crippen LogP contribution in [0.3, 0.4) is 0 Å². The van der Waals surface area contributed by atoms with Gasteiger partial charge in [-0.1, -0.05) is 78.9 Å². The molecule has 0 saturated carbocycles. The molecule has 6 aromatic carbocycles. The van der Waals surface area contributed by atoms with Crippen LogP contribution in [0.4, 0.5) is 0 Å². The number of benzene rings is 6. The lowest BCUT2D eigenvalue weighted by Gasteiger charge is -2.13. The third-order valence-electron chi connectivity index (χ3n) is 6.76. The van der Waals surface area contributed by atoms with Crippen molar-refractivity contribution in [2.24, 2.45) is 0 Å². The van der Waals surface area contributed by atoms with Crippen LogP contribution in [0.5, 0.6) is 5.75 Å². The van der Waals surface area contributed by atoms with Gasteiger partial charge in [0.25, 0.3) is 0 Å². The van der Waals surface area contributed by atoms with Crippen LogP contribution in [-0.4, -0.2) is 7.11 Å². The molecule has 0 aliphatic rings. The van der Waals surface area contributed by atoms with Gasteiger partial charge in [0.15, 0.2) is 0 Å². The maximum atomic E-state index is 5.53. The molecule has 1 aromatic heterocycles. The fraction of sp³-hybridized carbons (Fsp3) is 0.0323. The molecule has 1 nitrogen and oxygen atoms in total. The van der Waals surface area contributed by atoms with Crippen molar-refractivity contribution >= 4 is 63.8 Å². The zero-order chi connectivity index (χ0) is 21.9. The highest BCUT2D eigenvalue weighted by atomic mass is 32.1. The Kier molecular flexibility index (Phi) is 3.99. The SMILES string of the molecule is COc1ccc2c3ccc(-c4cccc5c4sc4ccccc45)cc3c3ccccc3c2c1. The highest BCUT2D eigenvalue weighted by Gasteiger charge is 2.13. The van der Waals surface area contributed by atoms with E-state index >= 15 is 0 Å². The summed E-state index contributed by atoms with van der Waals surface area (Å²) in [5.74, 6) is 0.889. The predicted molar refractivity (Wildman–Crippen MR) is 144 cm³/mol. The van der Waals surface area contributed by atoms with Gasteiger partial charge in [0.05, 0.1) is 7.11 Å². The summed E-state index contributed by atoms with van der Waals surface area (Å²) in [6, 6.07) is 37.4. The smallest absolute Gasteiger partial charge is 0.119 e. The van der Waals surface area contributed by atoms with E-state index in [9.17, 15) is 0 Å². The standard InChI is InChI=1S/C31H20OS/c1-32-20-14-16-25-24-15-13-19(17-28(24)22-7-2-3-8-23(22)29(25)18-20)21-10-6-11-27-26-9-4-5-12-30(26)33-31(21)27/h2-18H,1H3. The van der Waals surface area contributed by atoms with E-state index in [1.807, 2.05) is 11.3 Å². The highest BCUT2D eigenvalue weighted by Crippen LogP contribution is 2.42. The minimum atomic E-state index is 0.889. The Balaban J connectivity index is 1.57. The zero-order valence-electron chi connectivity index (χ0n) is 18.1. The number of methoxy groups -OCH3 is 1. The molecule has 1 heterocycles. The normalized spacial score (nSPS) is 11.8. The van der Waals surface area contributed by atoms with Gasteiger partial charge in [0.1, 0.15) is 5.75 Å². The van der Waals surface area contributed by atoms with Gasteiger partial charge in [0, 0.05) is 20.2 Å². The van der Waals surface area contributed by atoms with E-state index < -0.39 is 0 Å². The van der Waals surface area contributed by atoms with Crippen LogP contribution in [0.25, 0.3) is 63.6 Å². The Labute approximate surface area is 195 Å². The van der Waals surface area contributed by atoms with E-state index in [2.05, 4.69) is 103 Å². The summed E-state index contributed by atoms with van der Waals surface area (Å²) >= 11 is 1.88. The minimum absolute atomic E-state index is 0.889. The molecule has 0 N–H and O–H groups in total. The molecular weight excluding hydrogens is 420 g/mol. The summed E-state index contributed by atoms with van der Waals surface area (Å²) < 4.78 is 8.22. The number of ether oxygens (including phenoxy) is 1. The van der Waals surface area contributed by atoms with Gasteiger partial charge in [-0.25, -0.2) is 0 Å². The van der Waals surface area contributed by atoms with E-state index in [-0.39, 0.29) is 0 Å². The van der Waals surface area contributed by atoms with Gasteiger partial charge >= 0.3 is 0 Å². The molecule has 7 aromatic rings. The molecule has 0 aliphatic heterocycles. The number of hydrogen-bond acceptors (Lipinski definition) is 2. The monoisotopic (exact) mass is 440 g/mol. The summed E-state index contributed by atoms with van der Waals surface area (Å²) in [4.78, 5) is 0. The van der Waals surface area contributed by atoms with Crippen molar-refractivity contribution in [1.82, 2.24) is 0 Å². The van der Waals surface area contributed by atoms with E-state index in [0.29, 0.717) is 0 Å². The second-order valence-electron chi connectivity index (χ2n) is 8.50. The molecule has 0 bridgehead atoms. The Morgan fingerprint density at radius 2 is 1.15 bits per heavy atom. The molecule has 0 aliphatic carbocycles. The van der Waals surface area contributed by atoms with Crippen molar-refractivity contribution in [2.75, 3.05) is 7.11 Å². The molecule has 0 fully saturated rings. The van der Waals surface area contributed by atoms with Crippen molar-refractivity contribution in [1.29, 1.82) is 0 Å². The first-order valence-corrected chi connectivity index (χ1v) is 12.0. The van der Waals surface area contributed by atoms with Gasteiger partial charge in [0.2, 0.25) is 0 Å². The summed E-state index contributed by atoms with van der Waals surface area (Å²) in [6.07, 6.45) is 0. The molecule has 2 heteroatoms. The largest absolute Gasteiger partial charge is 0.497 e. The van der Waals surface area contributed by atoms with Gasteiger partial charge < -0.3 is 4.74 Å². The van der Waals surface area contributed by atoms with Gasteiger partial charge in [-0.15, -0.1) is 11.3 Å². The summed E-state index contributed by atoms with van der Waals surface area (Å²) in [5, 5.41) is 10.3. The number of hydrogen-bond donors (Lipinski definition) is 0. The Morgan fingerprint density at radius 3 is 1.94 bits per heavy atom. The first-order valence-electron chi connectivity index (χ1n) is 11.1. The average molecular weight is 441 g/mol. The maximum Gasteiger partial charge on any atom is 0.119 e. The zero-order valence-corrected chi connectivity index (χ0v) is 18.9. The predicted octanol–water partition coefficient (Wildman–Crippen LogP) is 9.19. The van der Waals surface area contributed by atoms with Gasteiger partial charge in [-0.05, 0) is 67.7 Å². The first kappa shape index (κ1) is 18.7. The van der Waals surface area contributed by atoms with Crippen molar-refractivity contribution in [3.05, 3.63) is 103 Å². The van der Waals surface area contributed by atoms with Crippen LogP contribution in [0.15, 0.2) is 103 Å². The second-order valence-corrected chi connectivity index (χ2v) is 9.55. The molecule has 0 atom stereocenters. The Morgan fingerprint density at radius 1 is 0.515 bits per heavy atom. The topological polar surface area (TPSA) is 9.23 Å². The lowest BCUT2D eigenvalue weighted by atomic mass is 9.91. The molecular formula is C31H20OS. The lowest BCUT2D eigenvalue weighted by Crippen LogP contribution is -1.87. The summed E-state index contributed by atoms with van der Waals surface area (Å²) in [5.41, 5.74) is 2.56. The number of thiophene rings is 1. The van der Waals surface area contributed by atoms with E-state index in [1.54, 1.807) is 7.11 Å². The van der Waals surface area contributed by atoms with E-state index in [1.165, 1.54) is 63.6 Å². The van der Waals surface area contributed by atoms with Crippen molar-refractivity contribution < 1.29 is 4.74 Å². The van der Waals surface area contributed by atoms with Crippen LogP contribution in [0.1, 0.15) is 0 Å². The summed E-state index contributed by atoms with van der Waals surface area (Å²) in [7, 11) is 1.73. The molecule has 0 spiro atoms. The van der Waals surface area contributed by atoms with Crippen molar-refractivity contribution in [3.63, 3.8) is 0 Å². The quantitative estimate of drug-likeness (QED) is 0.243. The number of rotatable bonds is 2. The second kappa shape index (κ2) is 7.06. The fourth-order valence-electron chi connectivity index (χ4n) is 5.20. The average Bonchev–Trinajstić information content (AvgIpc) is 3.27. The molecule has 0 saturated heterocycles. The molecule has 0 amide bonds. The van der Waals surface area contributed by atoms with Crippen LogP contribution >= 0.6 is 11.3 Å². The fourth-order valence-corrected chi connectivity index (χ4v) is 6.44. The molecule has 0 radical (unpaired) electrons. The molecule has 7 rings (SSSR count). The van der Waals surface area contributed by atoms with Crippen LogP contribution in [0, 0.1) is 0 Å². The third kappa shape index (κ3) is 2.71. The number of fused-ring (bicyclic) bond motifs is 9. The van der Waals surface area contributed by atoms with Crippen LogP contribution in [0.2, 0.25) is 0 Å². The van der Waals surface area contributed by atoms with E-state index in [4.69, 9.17) is 4.74 Å². The maximum absolute atomic E-state index is 5.53. The van der Waals surface area contributed by atoms with Crippen molar-refractivity contribution in [3.8, 4) is 16.9 Å². The minimum Gasteiger partial charge on any atom is -0.497 e. The van der Waals surface area contributed by atoms with Gasteiger partial charge in [-0.2, -0.15) is 0 Å². The summed E-state index contributed by atoms with van der Waals surface area (Å²) in [6.45, 7) is 0. The lowest BCUT2D eigenvalue weighted by molar-refractivity contribution is 0.415. The van der Waals surface area contributed by atoms with E-state index in [0.717, 1.165) is 5.75 Å². The Bertz CT molecular complexity index is 1840.